The first kappa shape index (κ1) is 15.6. The molecule has 0 spiro atoms. The van der Waals surface area contributed by atoms with E-state index < -0.39 is 11.8 Å². The second kappa shape index (κ2) is 7.18. The summed E-state index contributed by atoms with van der Waals surface area (Å²) < 4.78 is 14.7. The van der Waals surface area contributed by atoms with Crippen LogP contribution < -0.4 is 9.47 Å². The lowest BCUT2D eigenvalue weighted by atomic mass is 10.1. The summed E-state index contributed by atoms with van der Waals surface area (Å²) in [5.41, 5.74) is 0.320. The van der Waals surface area contributed by atoms with E-state index in [0.717, 1.165) is 6.08 Å². The van der Waals surface area contributed by atoms with Crippen molar-refractivity contribution in [2.45, 2.75) is 6.92 Å². The summed E-state index contributed by atoms with van der Waals surface area (Å²) in [6.07, 6.45) is 0.805. The Labute approximate surface area is 116 Å². The first-order chi connectivity index (χ1) is 9.53. The molecular formula is C14H16O6. The van der Waals surface area contributed by atoms with Crippen molar-refractivity contribution in [1.29, 1.82) is 0 Å². The maximum Gasteiger partial charge on any atom is 0.379 e. The third-order valence-corrected chi connectivity index (χ3v) is 2.42. The Bertz CT molecular complexity index is 532. The summed E-state index contributed by atoms with van der Waals surface area (Å²) >= 11 is 0. The van der Waals surface area contributed by atoms with Crippen LogP contribution in [0.1, 0.15) is 12.5 Å². The van der Waals surface area contributed by atoms with E-state index >= 15 is 0 Å². The monoisotopic (exact) mass is 280 g/mol. The number of hydrogen-bond acceptors (Lipinski definition) is 6. The van der Waals surface area contributed by atoms with E-state index in [4.69, 9.17) is 9.47 Å². The van der Waals surface area contributed by atoms with Crippen LogP contribution in [0.4, 0.5) is 0 Å². The van der Waals surface area contributed by atoms with Crippen LogP contribution in [-0.4, -0.2) is 37.7 Å². The van der Waals surface area contributed by atoms with Crippen LogP contribution >= 0.6 is 0 Å². The van der Waals surface area contributed by atoms with Crippen LogP contribution in [0.25, 0.3) is 5.76 Å². The van der Waals surface area contributed by atoms with E-state index in [-0.39, 0.29) is 12.4 Å². The second-order valence-electron chi connectivity index (χ2n) is 3.68. The number of ketones is 1. The van der Waals surface area contributed by atoms with Crippen LogP contribution in [0.15, 0.2) is 24.3 Å². The predicted molar refractivity (Wildman–Crippen MR) is 71.8 cm³/mol. The van der Waals surface area contributed by atoms with E-state index in [0.29, 0.717) is 17.1 Å². The number of hydrogen-bond donors (Lipinski definition) is 1. The van der Waals surface area contributed by atoms with Crippen molar-refractivity contribution in [2.75, 3.05) is 20.8 Å². The van der Waals surface area contributed by atoms with Crippen molar-refractivity contribution >= 4 is 17.5 Å². The Morgan fingerprint density at radius 3 is 2.40 bits per heavy atom. The SMILES string of the molecule is CCOC(=O)C(=O)/C=C(\O)c1ccc(OC)c(OC)c1. The van der Waals surface area contributed by atoms with Gasteiger partial charge < -0.3 is 19.3 Å². The second-order valence-corrected chi connectivity index (χ2v) is 3.68. The lowest BCUT2D eigenvalue weighted by Crippen LogP contribution is -2.15. The number of aliphatic hydroxyl groups excluding tert-OH is 1. The Morgan fingerprint density at radius 2 is 1.85 bits per heavy atom. The van der Waals surface area contributed by atoms with E-state index in [1.54, 1.807) is 13.0 Å². The molecule has 1 aromatic carbocycles. The Balaban J connectivity index is 2.99. The summed E-state index contributed by atoms with van der Waals surface area (Å²) in [7, 11) is 2.93. The summed E-state index contributed by atoms with van der Waals surface area (Å²) in [4.78, 5) is 22.6. The van der Waals surface area contributed by atoms with Gasteiger partial charge in [-0.1, -0.05) is 0 Å². The molecule has 0 aromatic heterocycles. The molecular weight excluding hydrogens is 264 g/mol. The van der Waals surface area contributed by atoms with Crippen LogP contribution in [0.2, 0.25) is 0 Å². The fourth-order valence-corrected chi connectivity index (χ4v) is 1.46. The van der Waals surface area contributed by atoms with Gasteiger partial charge in [0.2, 0.25) is 0 Å². The van der Waals surface area contributed by atoms with Gasteiger partial charge in [-0.05, 0) is 25.1 Å². The van der Waals surface area contributed by atoms with Crippen LogP contribution in [-0.2, 0) is 14.3 Å². The van der Waals surface area contributed by atoms with Gasteiger partial charge in [0.25, 0.3) is 5.78 Å². The average molecular weight is 280 g/mol. The molecule has 1 aromatic rings. The number of aliphatic hydroxyl groups is 1. The van der Waals surface area contributed by atoms with Crippen LogP contribution in [0.5, 0.6) is 11.5 Å². The molecule has 0 unspecified atom stereocenters. The normalized spacial score (nSPS) is 10.8. The third kappa shape index (κ3) is 3.74. The highest BCUT2D eigenvalue weighted by atomic mass is 16.5. The van der Waals surface area contributed by atoms with Crippen molar-refractivity contribution in [1.82, 2.24) is 0 Å². The molecule has 0 bridgehead atoms. The molecule has 0 fully saturated rings. The Kier molecular flexibility index (Phi) is 5.58. The number of esters is 1. The number of carbonyl (C=O) groups is 2. The first-order valence-electron chi connectivity index (χ1n) is 5.87. The van der Waals surface area contributed by atoms with E-state index in [1.165, 1.54) is 26.4 Å². The van der Waals surface area contributed by atoms with Gasteiger partial charge in [-0.3, -0.25) is 4.79 Å². The highest BCUT2D eigenvalue weighted by Crippen LogP contribution is 2.29. The van der Waals surface area contributed by atoms with E-state index in [2.05, 4.69) is 4.74 Å². The Hall–Kier alpha value is -2.50. The summed E-state index contributed by atoms with van der Waals surface area (Å²) in [6.45, 7) is 1.68. The first-order valence-corrected chi connectivity index (χ1v) is 5.87. The van der Waals surface area contributed by atoms with Gasteiger partial charge in [-0.15, -0.1) is 0 Å². The van der Waals surface area contributed by atoms with E-state index in [9.17, 15) is 14.7 Å². The van der Waals surface area contributed by atoms with Crippen LogP contribution in [0.3, 0.4) is 0 Å². The lowest BCUT2D eigenvalue weighted by Gasteiger charge is -2.09. The molecule has 0 amide bonds. The summed E-state index contributed by atoms with van der Waals surface area (Å²) in [5.74, 6) is -1.42. The maximum absolute atomic E-state index is 11.4. The molecule has 0 heterocycles. The standard InChI is InChI=1S/C14H16O6/c1-4-20-14(17)11(16)8-10(15)9-5-6-12(18-2)13(7-9)19-3/h5-8,15H,4H2,1-3H3/b10-8-. The molecule has 0 aliphatic rings. The minimum atomic E-state index is -1.01. The minimum absolute atomic E-state index is 0.0928. The van der Waals surface area contributed by atoms with Crippen LogP contribution in [0, 0.1) is 0 Å². The largest absolute Gasteiger partial charge is 0.507 e. The van der Waals surface area contributed by atoms with Gasteiger partial charge in [0.1, 0.15) is 5.76 Å². The topological polar surface area (TPSA) is 82.1 Å². The van der Waals surface area contributed by atoms with Gasteiger partial charge in [0.05, 0.1) is 20.8 Å². The quantitative estimate of drug-likeness (QED) is 0.370. The number of ether oxygens (including phenoxy) is 3. The summed E-state index contributed by atoms with van der Waals surface area (Å²) in [6, 6.07) is 4.60. The van der Waals surface area contributed by atoms with E-state index in [1.807, 2.05) is 0 Å². The highest BCUT2D eigenvalue weighted by molar-refractivity contribution is 6.39. The smallest absolute Gasteiger partial charge is 0.379 e. The molecule has 6 nitrogen and oxygen atoms in total. The average Bonchev–Trinajstić information content (AvgIpc) is 2.46. The zero-order valence-electron chi connectivity index (χ0n) is 11.5. The molecule has 0 saturated heterocycles. The van der Waals surface area contributed by atoms with Crippen molar-refractivity contribution in [3.63, 3.8) is 0 Å². The number of rotatable bonds is 6. The van der Waals surface area contributed by atoms with Crippen molar-refractivity contribution < 1.29 is 28.9 Å². The molecule has 6 heteroatoms. The molecule has 0 saturated carbocycles. The Morgan fingerprint density at radius 1 is 1.20 bits per heavy atom. The minimum Gasteiger partial charge on any atom is -0.507 e. The van der Waals surface area contributed by atoms with Gasteiger partial charge in [-0.2, -0.15) is 0 Å². The van der Waals surface area contributed by atoms with Gasteiger partial charge in [-0.25, -0.2) is 4.79 Å². The molecule has 0 atom stereocenters. The highest BCUT2D eigenvalue weighted by Gasteiger charge is 2.14. The number of carbonyl (C=O) groups excluding carboxylic acids is 2. The van der Waals surface area contributed by atoms with Crippen molar-refractivity contribution in [3.8, 4) is 11.5 Å². The molecule has 108 valence electrons. The molecule has 1 rings (SSSR count). The molecule has 20 heavy (non-hydrogen) atoms. The van der Waals surface area contributed by atoms with Gasteiger partial charge in [0, 0.05) is 11.6 Å². The predicted octanol–water partition coefficient (Wildman–Crippen LogP) is 1.73. The molecule has 0 aliphatic carbocycles. The van der Waals surface area contributed by atoms with Crippen molar-refractivity contribution in [2.24, 2.45) is 0 Å². The fraction of sp³-hybridized carbons (Fsp3) is 0.286. The zero-order chi connectivity index (χ0) is 15.1. The maximum atomic E-state index is 11.4. The molecule has 0 radical (unpaired) electrons. The van der Waals surface area contributed by atoms with Gasteiger partial charge >= 0.3 is 5.97 Å². The zero-order valence-corrected chi connectivity index (χ0v) is 11.5. The van der Waals surface area contributed by atoms with Crippen molar-refractivity contribution in [3.05, 3.63) is 29.8 Å². The molecule has 0 aliphatic heterocycles. The number of benzene rings is 1. The fourth-order valence-electron chi connectivity index (χ4n) is 1.46. The number of methoxy groups -OCH3 is 2. The third-order valence-electron chi connectivity index (χ3n) is 2.42. The summed E-state index contributed by atoms with van der Waals surface area (Å²) in [5, 5.41) is 9.83. The molecule has 1 N–H and O–H groups in total. The van der Waals surface area contributed by atoms with Gasteiger partial charge in [0.15, 0.2) is 11.5 Å². The lowest BCUT2D eigenvalue weighted by molar-refractivity contribution is -0.151.